The van der Waals surface area contributed by atoms with Gasteiger partial charge in [-0.1, -0.05) is 6.42 Å². The molecule has 0 saturated carbocycles. The van der Waals surface area contributed by atoms with Crippen molar-refractivity contribution in [3.8, 4) is 0 Å². The Morgan fingerprint density at radius 1 is 0.857 bits per heavy atom. The minimum absolute atomic E-state index is 0.0647. The molecule has 0 bridgehead atoms. The Hall–Kier alpha value is -0.893. The second kappa shape index (κ2) is 8.53. The Labute approximate surface area is 124 Å². The van der Waals surface area contributed by atoms with Crippen molar-refractivity contribution in [2.75, 3.05) is 21.3 Å². The van der Waals surface area contributed by atoms with Gasteiger partial charge in [-0.3, -0.25) is 0 Å². The topological polar surface area (TPSA) is 27.7 Å². The molecular formula is C14H21F3O3Si. The maximum Gasteiger partial charge on any atom is 0.500 e. The number of halogens is 3. The van der Waals surface area contributed by atoms with Crippen molar-refractivity contribution in [3.63, 3.8) is 0 Å². The van der Waals surface area contributed by atoms with Crippen LogP contribution in [0.25, 0.3) is 0 Å². The van der Waals surface area contributed by atoms with Gasteiger partial charge in [0.1, 0.15) is 17.5 Å². The number of hydrogen-bond acceptors (Lipinski definition) is 3. The molecule has 120 valence electrons. The second-order valence-corrected chi connectivity index (χ2v) is 7.79. The first-order valence-corrected chi connectivity index (χ1v) is 8.70. The van der Waals surface area contributed by atoms with Gasteiger partial charge in [-0.2, -0.15) is 0 Å². The zero-order chi connectivity index (χ0) is 15.9. The first-order valence-electron chi connectivity index (χ1n) is 6.77. The van der Waals surface area contributed by atoms with Crippen LogP contribution in [0.4, 0.5) is 13.2 Å². The summed E-state index contributed by atoms with van der Waals surface area (Å²) >= 11 is 0. The van der Waals surface area contributed by atoms with Crippen LogP contribution in [0.2, 0.25) is 6.04 Å². The number of rotatable bonds is 9. The molecule has 3 nitrogen and oxygen atoms in total. The van der Waals surface area contributed by atoms with E-state index in [2.05, 4.69) is 0 Å². The van der Waals surface area contributed by atoms with E-state index in [0.717, 1.165) is 12.8 Å². The average molecular weight is 322 g/mol. The molecule has 1 aromatic carbocycles. The Kier molecular flexibility index (Phi) is 7.37. The molecule has 0 atom stereocenters. The van der Waals surface area contributed by atoms with Crippen LogP contribution in [0.1, 0.15) is 24.8 Å². The molecule has 0 aromatic heterocycles. The molecule has 0 unspecified atom stereocenters. The van der Waals surface area contributed by atoms with Crippen LogP contribution in [-0.2, 0) is 19.7 Å². The van der Waals surface area contributed by atoms with E-state index in [1.807, 2.05) is 0 Å². The molecule has 0 amide bonds. The molecule has 0 saturated heterocycles. The third kappa shape index (κ3) is 5.10. The van der Waals surface area contributed by atoms with Gasteiger partial charge in [-0.15, -0.1) is 0 Å². The SMILES string of the molecule is CO[Si](CCCCCc1c(F)cc(F)cc1F)(OC)OC. The smallest absolute Gasteiger partial charge is 0.377 e. The summed E-state index contributed by atoms with van der Waals surface area (Å²) in [6.45, 7) is 0. The quantitative estimate of drug-likeness (QED) is 0.512. The van der Waals surface area contributed by atoms with E-state index in [-0.39, 0.29) is 12.0 Å². The molecule has 0 N–H and O–H groups in total. The van der Waals surface area contributed by atoms with Gasteiger partial charge < -0.3 is 13.3 Å². The number of unbranched alkanes of at least 4 members (excludes halogenated alkanes) is 2. The Morgan fingerprint density at radius 3 is 1.86 bits per heavy atom. The van der Waals surface area contributed by atoms with Crippen LogP contribution in [0.15, 0.2) is 12.1 Å². The summed E-state index contributed by atoms with van der Waals surface area (Å²) in [4.78, 5) is 0. The molecule has 0 aliphatic heterocycles. The Balaban J connectivity index is 2.42. The first kappa shape index (κ1) is 18.2. The van der Waals surface area contributed by atoms with Crippen molar-refractivity contribution in [1.29, 1.82) is 0 Å². The Bertz CT molecular complexity index is 422. The molecule has 1 rings (SSSR count). The molecule has 0 aliphatic rings. The van der Waals surface area contributed by atoms with Crippen LogP contribution >= 0.6 is 0 Å². The summed E-state index contributed by atoms with van der Waals surface area (Å²) < 4.78 is 55.5. The first-order chi connectivity index (χ1) is 9.98. The van der Waals surface area contributed by atoms with Crippen LogP contribution in [0.5, 0.6) is 0 Å². The van der Waals surface area contributed by atoms with Crippen LogP contribution in [0, 0.1) is 17.5 Å². The van der Waals surface area contributed by atoms with Crippen molar-refractivity contribution >= 4 is 8.80 Å². The third-order valence-electron chi connectivity index (χ3n) is 3.45. The van der Waals surface area contributed by atoms with Crippen LogP contribution in [-0.4, -0.2) is 30.1 Å². The van der Waals surface area contributed by atoms with Gasteiger partial charge in [0.25, 0.3) is 0 Å². The summed E-state index contributed by atoms with van der Waals surface area (Å²) in [6.07, 6.45) is 2.35. The highest BCUT2D eigenvalue weighted by atomic mass is 28.4. The van der Waals surface area contributed by atoms with Gasteiger partial charge in [0.2, 0.25) is 0 Å². The van der Waals surface area contributed by atoms with Crippen LogP contribution in [0.3, 0.4) is 0 Å². The lowest BCUT2D eigenvalue weighted by molar-refractivity contribution is 0.122. The van der Waals surface area contributed by atoms with E-state index in [1.165, 1.54) is 0 Å². The molecule has 0 radical (unpaired) electrons. The van der Waals surface area contributed by atoms with E-state index in [9.17, 15) is 13.2 Å². The standard InChI is InChI=1S/C14H21F3O3Si/c1-18-21(19-2,20-3)8-6-4-5-7-12-13(16)9-11(15)10-14(12)17/h9-10H,4-8H2,1-3H3. The normalized spacial score (nSPS) is 11.9. The molecular weight excluding hydrogens is 301 g/mol. The third-order valence-corrected chi connectivity index (χ3v) is 6.28. The van der Waals surface area contributed by atoms with E-state index in [4.69, 9.17) is 13.3 Å². The lowest BCUT2D eigenvalue weighted by atomic mass is 10.1. The fourth-order valence-electron chi connectivity index (χ4n) is 2.19. The summed E-state index contributed by atoms with van der Waals surface area (Å²) in [5.74, 6) is -2.56. The summed E-state index contributed by atoms with van der Waals surface area (Å²) in [7, 11) is 2.06. The lowest BCUT2D eigenvalue weighted by Crippen LogP contribution is -2.42. The predicted octanol–water partition coefficient (Wildman–Crippen LogP) is 3.69. The van der Waals surface area contributed by atoms with Crippen molar-refractivity contribution in [2.24, 2.45) is 0 Å². The Morgan fingerprint density at radius 2 is 1.38 bits per heavy atom. The molecule has 0 heterocycles. The van der Waals surface area contributed by atoms with E-state index in [0.29, 0.717) is 24.6 Å². The largest absolute Gasteiger partial charge is 0.500 e. The average Bonchev–Trinajstić information content (AvgIpc) is 2.45. The van der Waals surface area contributed by atoms with Gasteiger partial charge in [-0.05, 0) is 19.3 Å². The van der Waals surface area contributed by atoms with Crippen molar-refractivity contribution < 1.29 is 26.4 Å². The van der Waals surface area contributed by atoms with E-state index < -0.39 is 26.3 Å². The van der Waals surface area contributed by atoms with E-state index >= 15 is 0 Å². The minimum Gasteiger partial charge on any atom is -0.377 e. The van der Waals surface area contributed by atoms with Crippen molar-refractivity contribution in [1.82, 2.24) is 0 Å². The van der Waals surface area contributed by atoms with E-state index in [1.54, 1.807) is 21.3 Å². The van der Waals surface area contributed by atoms with Crippen molar-refractivity contribution in [2.45, 2.75) is 31.7 Å². The fourth-order valence-corrected chi connectivity index (χ4v) is 3.98. The highest BCUT2D eigenvalue weighted by molar-refractivity contribution is 6.60. The van der Waals surface area contributed by atoms with Crippen molar-refractivity contribution in [3.05, 3.63) is 35.1 Å². The maximum atomic E-state index is 13.4. The van der Waals surface area contributed by atoms with Gasteiger partial charge in [0.15, 0.2) is 0 Å². The summed E-state index contributed by atoms with van der Waals surface area (Å²) in [5, 5.41) is 0. The highest BCUT2D eigenvalue weighted by Crippen LogP contribution is 2.20. The minimum atomic E-state index is -2.57. The fraction of sp³-hybridized carbons (Fsp3) is 0.571. The van der Waals surface area contributed by atoms with Gasteiger partial charge >= 0.3 is 8.80 Å². The van der Waals surface area contributed by atoms with Gasteiger partial charge in [0.05, 0.1) is 0 Å². The predicted molar refractivity (Wildman–Crippen MR) is 75.5 cm³/mol. The zero-order valence-electron chi connectivity index (χ0n) is 12.5. The lowest BCUT2D eigenvalue weighted by Gasteiger charge is -2.24. The second-order valence-electron chi connectivity index (χ2n) is 4.70. The molecule has 7 heteroatoms. The van der Waals surface area contributed by atoms with Gasteiger partial charge in [0, 0.05) is 45.1 Å². The summed E-state index contributed by atoms with van der Waals surface area (Å²) in [5.41, 5.74) is -0.0647. The monoisotopic (exact) mass is 322 g/mol. The highest BCUT2D eigenvalue weighted by Gasteiger charge is 2.36. The maximum absolute atomic E-state index is 13.4. The number of hydrogen-bond donors (Lipinski definition) is 0. The molecule has 0 aliphatic carbocycles. The molecule has 21 heavy (non-hydrogen) atoms. The van der Waals surface area contributed by atoms with Gasteiger partial charge in [-0.25, -0.2) is 13.2 Å². The zero-order valence-corrected chi connectivity index (χ0v) is 13.5. The van der Waals surface area contributed by atoms with Crippen LogP contribution < -0.4 is 0 Å². The molecule has 0 fully saturated rings. The molecule has 1 aromatic rings. The molecule has 0 spiro atoms. The summed E-state index contributed by atoms with van der Waals surface area (Å²) in [6, 6.07) is 2.05. The number of benzene rings is 1.